The number of anilines is 1. The Bertz CT molecular complexity index is 417. The monoisotopic (exact) mass is 247 g/mol. The summed E-state index contributed by atoms with van der Waals surface area (Å²) in [5.74, 6) is 0.116. The molecule has 1 aliphatic carbocycles. The molecule has 1 aromatic rings. The number of aliphatic hydroxyl groups excluding tert-OH is 1. The molecule has 98 valence electrons. The molecule has 1 aromatic carbocycles. The van der Waals surface area contributed by atoms with Crippen molar-refractivity contribution in [2.45, 2.75) is 45.6 Å². The Balaban J connectivity index is 2.03. The first-order chi connectivity index (χ1) is 8.51. The minimum Gasteiger partial charge on any atom is -0.389 e. The molecule has 1 amide bonds. The van der Waals surface area contributed by atoms with Crippen LogP contribution in [0.2, 0.25) is 0 Å². The first-order valence-corrected chi connectivity index (χ1v) is 6.61. The Kier molecular flexibility index (Phi) is 3.71. The van der Waals surface area contributed by atoms with Crippen LogP contribution < -0.4 is 5.32 Å². The van der Waals surface area contributed by atoms with Crippen LogP contribution in [0, 0.1) is 5.41 Å². The lowest BCUT2D eigenvalue weighted by Gasteiger charge is -2.22. The molecule has 0 radical (unpaired) electrons. The molecule has 1 aliphatic rings. The molecule has 1 saturated carbocycles. The summed E-state index contributed by atoms with van der Waals surface area (Å²) in [4.78, 5) is 12.2. The number of carbonyl (C=O) groups excluding carboxylic acids is 1. The van der Waals surface area contributed by atoms with Gasteiger partial charge in [0.15, 0.2) is 0 Å². The molecule has 2 N–H and O–H groups in total. The number of hydrogen-bond acceptors (Lipinski definition) is 2. The summed E-state index contributed by atoms with van der Waals surface area (Å²) in [6.07, 6.45) is 3.77. The topological polar surface area (TPSA) is 49.3 Å². The van der Waals surface area contributed by atoms with Crippen LogP contribution in [-0.4, -0.2) is 11.0 Å². The van der Waals surface area contributed by atoms with E-state index in [1.54, 1.807) is 6.92 Å². The highest BCUT2D eigenvalue weighted by Crippen LogP contribution is 2.38. The first-order valence-electron chi connectivity index (χ1n) is 6.61. The average molecular weight is 247 g/mol. The third kappa shape index (κ3) is 2.72. The van der Waals surface area contributed by atoms with E-state index >= 15 is 0 Å². The van der Waals surface area contributed by atoms with E-state index in [-0.39, 0.29) is 11.3 Å². The van der Waals surface area contributed by atoms with E-state index in [0.717, 1.165) is 36.9 Å². The maximum atomic E-state index is 12.2. The fourth-order valence-corrected chi connectivity index (χ4v) is 2.51. The van der Waals surface area contributed by atoms with Crippen LogP contribution in [0.3, 0.4) is 0 Å². The fraction of sp³-hybridized carbons (Fsp3) is 0.533. The number of benzene rings is 1. The van der Waals surface area contributed by atoms with Crippen LogP contribution in [0.4, 0.5) is 5.69 Å². The van der Waals surface area contributed by atoms with Gasteiger partial charge in [-0.15, -0.1) is 0 Å². The maximum Gasteiger partial charge on any atom is 0.230 e. The summed E-state index contributed by atoms with van der Waals surface area (Å²) in [6.45, 7) is 3.77. The molecule has 0 saturated heterocycles. The Morgan fingerprint density at radius 2 is 1.83 bits per heavy atom. The van der Waals surface area contributed by atoms with Crippen LogP contribution in [0.15, 0.2) is 24.3 Å². The van der Waals surface area contributed by atoms with Gasteiger partial charge in [-0.2, -0.15) is 0 Å². The molecular formula is C15H21NO2. The van der Waals surface area contributed by atoms with Gasteiger partial charge >= 0.3 is 0 Å². The number of rotatable bonds is 3. The van der Waals surface area contributed by atoms with Crippen molar-refractivity contribution in [2.24, 2.45) is 5.41 Å². The third-order valence-corrected chi connectivity index (χ3v) is 3.91. The van der Waals surface area contributed by atoms with E-state index in [1.165, 1.54) is 0 Å². The molecule has 2 rings (SSSR count). The second kappa shape index (κ2) is 5.11. The second-order valence-electron chi connectivity index (χ2n) is 5.52. The molecule has 1 fully saturated rings. The normalized spacial score (nSPS) is 19.5. The predicted molar refractivity (Wildman–Crippen MR) is 72.3 cm³/mol. The molecule has 1 unspecified atom stereocenters. The number of hydrogen-bond donors (Lipinski definition) is 2. The lowest BCUT2D eigenvalue weighted by atomic mass is 9.88. The zero-order valence-electron chi connectivity index (χ0n) is 11.1. The van der Waals surface area contributed by atoms with Crippen LogP contribution in [0.5, 0.6) is 0 Å². The Morgan fingerprint density at radius 3 is 2.33 bits per heavy atom. The van der Waals surface area contributed by atoms with Crippen LogP contribution in [-0.2, 0) is 4.79 Å². The molecule has 0 aliphatic heterocycles. The van der Waals surface area contributed by atoms with E-state index in [4.69, 9.17) is 0 Å². The van der Waals surface area contributed by atoms with Gasteiger partial charge in [0.2, 0.25) is 5.91 Å². The first kappa shape index (κ1) is 13.1. The lowest BCUT2D eigenvalue weighted by Crippen LogP contribution is -2.30. The third-order valence-electron chi connectivity index (χ3n) is 3.91. The molecule has 3 heteroatoms. The van der Waals surface area contributed by atoms with Crippen LogP contribution in [0.25, 0.3) is 0 Å². The number of nitrogens with one attached hydrogen (secondary N) is 1. The van der Waals surface area contributed by atoms with E-state index < -0.39 is 6.10 Å². The minimum absolute atomic E-state index is 0.116. The summed E-state index contributed by atoms with van der Waals surface area (Å²) in [7, 11) is 0. The van der Waals surface area contributed by atoms with Gasteiger partial charge in [-0.05, 0) is 37.5 Å². The van der Waals surface area contributed by atoms with Crippen molar-refractivity contribution in [3.05, 3.63) is 29.8 Å². The Hall–Kier alpha value is -1.35. The van der Waals surface area contributed by atoms with Gasteiger partial charge < -0.3 is 10.4 Å². The van der Waals surface area contributed by atoms with Crippen molar-refractivity contribution >= 4 is 11.6 Å². The van der Waals surface area contributed by atoms with Crippen LogP contribution in [0.1, 0.15) is 51.2 Å². The number of aliphatic hydroxyl groups is 1. The molecule has 3 nitrogen and oxygen atoms in total. The van der Waals surface area contributed by atoms with Gasteiger partial charge in [0.25, 0.3) is 0 Å². The van der Waals surface area contributed by atoms with Crippen molar-refractivity contribution in [3.63, 3.8) is 0 Å². The standard InChI is InChI=1S/C15H21NO2/c1-11(17)12-5-7-13(8-6-12)16-14(18)15(2)9-3-4-10-15/h5-8,11,17H,3-4,9-10H2,1-2H3,(H,16,18). The fourth-order valence-electron chi connectivity index (χ4n) is 2.51. The van der Waals surface area contributed by atoms with Gasteiger partial charge in [-0.3, -0.25) is 4.79 Å². The zero-order valence-corrected chi connectivity index (χ0v) is 11.1. The number of amides is 1. The molecule has 18 heavy (non-hydrogen) atoms. The minimum atomic E-state index is -0.470. The summed E-state index contributed by atoms with van der Waals surface area (Å²) in [6, 6.07) is 7.38. The Morgan fingerprint density at radius 1 is 1.28 bits per heavy atom. The molecular weight excluding hydrogens is 226 g/mol. The summed E-state index contributed by atoms with van der Waals surface area (Å²) < 4.78 is 0. The van der Waals surface area contributed by atoms with E-state index in [9.17, 15) is 9.90 Å². The molecule has 0 aromatic heterocycles. The van der Waals surface area contributed by atoms with Gasteiger partial charge in [0.05, 0.1) is 6.10 Å². The van der Waals surface area contributed by atoms with E-state index in [2.05, 4.69) is 5.32 Å². The lowest BCUT2D eigenvalue weighted by molar-refractivity contribution is -0.124. The van der Waals surface area contributed by atoms with Crippen LogP contribution >= 0.6 is 0 Å². The van der Waals surface area contributed by atoms with Gasteiger partial charge in [-0.25, -0.2) is 0 Å². The van der Waals surface area contributed by atoms with Crippen molar-refractivity contribution in [1.82, 2.24) is 0 Å². The summed E-state index contributed by atoms with van der Waals surface area (Å²) in [5.41, 5.74) is 1.46. The predicted octanol–water partition coefficient (Wildman–Crippen LogP) is 3.26. The highest BCUT2D eigenvalue weighted by Gasteiger charge is 2.36. The highest BCUT2D eigenvalue weighted by molar-refractivity contribution is 5.95. The van der Waals surface area contributed by atoms with Gasteiger partial charge in [-0.1, -0.05) is 31.9 Å². The van der Waals surface area contributed by atoms with Crippen molar-refractivity contribution in [2.75, 3.05) is 5.32 Å². The maximum absolute atomic E-state index is 12.2. The quantitative estimate of drug-likeness (QED) is 0.861. The zero-order chi connectivity index (χ0) is 13.2. The highest BCUT2D eigenvalue weighted by atomic mass is 16.3. The average Bonchev–Trinajstić information content (AvgIpc) is 2.78. The summed E-state index contributed by atoms with van der Waals surface area (Å²) in [5, 5.41) is 12.4. The molecule has 0 spiro atoms. The van der Waals surface area contributed by atoms with Crippen molar-refractivity contribution in [1.29, 1.82) is 0 Å². The molecule has 0 heterocycles. The molecule has 1 atom stereocenters. The second-order valence-corrected chi connectivity index (χ2v) is 5.52. The van der Waals surface area contributed by atoms with Crippen molar-refractivity contribution < 1.29 is 9.90 Å². The SMILES string of the molecule is CC(O)c1ccc(NC(=O)C2(C)CCCC2)cc1. The van der Waals surface area contributed by atoms with Gasteiger partial charge in [0, 0.05) is 11.1 Å². The summed E-state index contributed by atoms with van der Waals surface area (Å²) >= 11 is 0. The van der Waals surface area contributed by atoms with Gasteiger partial charge in [0.1, 0.15) is 0 Å². The van der Waals surface area contributed by atoms with Crippen molar-refractivity contribution in [3.8, 4) is 0 Å². The largest absolute Gasteiger partial charge is 0.389 e. The van der Waals surface area contributed by atoms with E-state index in [0.29, 0.717) is 0 Å². The number of carbonyl (C=O) groups is 1. The smallest absolute Gasteiger partial charge is 0.230 e. The Labute approximate surface area is 108 Å². The van der Waals surface area contributed by atoms with E-state index in [1.807, 2.05) is 31.2 Å². The molecule has 0 bridgehead atoms.